The van der Waals surface area contributed by atoms with Gasteiger partial charge in [0.05, 0.1) is 30.0 Å². The van der Waals surface area contributed by atoms with Crippen molar-refractivity contribution in [2.24, 2.45) is 5.14 Å². The molecule has 0 aliphatic carbocycles. The number of methoxy groups -OCH3 is 2. The van der Waals surface area contributed by atoms with E-state index in [-0.39, 0.29) is 10.8 Å². The minimum Gasteiger partial charge on any atom is -0.497 e. The SMILES string of the molecule is COc1cc(OC)c2c(Nc3cc(S(N)(=O)=O)ccc3CCl)ncnc2c1. The van der Waals surface area contributed by atoms with Crippen molar-refractivity contribution >= 4 is 44.0 Å². The Morgan fingerprint density at radius 1 is 1.15 bits per heavy atom. The number of hydrogen-bond acceptors (Lipinski definition) is 7. The van der Waals surface area contributed by atoms with Crippen LogP contribution in [0.5, 0.6) is 11.5 Å². The first-order chi connectivity index (χ1) is 12.9. The predicted octanol–water partition coefficient (Wildman–Crippen LogP) is 2.78. The zero-order valence-electron chi connectivity index (χ0n) is 14.6. The van der Waals surface area contributed by atoms with Gasteiger partial charge in [0.1, 0.15) is 23.6 Å². The number of ether oxygens (including phenoxy) is 2. The number of alkyl halides is 1. The highest BCUT2D eigenvalue weighted by atomic mass is 35.5. The van der Waals surface area contributed by atoms with Gasteiger partial charge in [-0.05, 0) is 17.7 Å². The average Bonchev–Trinajstić information content (AvgIpc) is 2.66. The van der Waals surface area contributed by atoms with Gasteiger partial charge in [-0.1, -0.05) is 6.07 Å². The second-order valence-corrected chi connectivity index (χ2v) is 7.40. The summed E-state index contributed by atoms with van der Waals surface area (Å²) in [5.41, 5.74) is 1.75. The lowest BCUT2D eigenvalue weighted by molar-refractivity contribution is 0.398. The molecule has 3 aromatic rings. The van der Waals surface area contributed by atoms with Gasteiger partial charge in [-0.2, -0.15) is 0 Å². The molecule has 3 N–H and O–H groups in total. The Kier molecular flexibility index (Phi) is 5.36. The van der Waals surface area contributed by atoms with Crippen molar-refractivity contribution in [3.63, 3.8) is 0 Å². The zero-order chi connectivity index (χ0) is 19.6. The molecule has 0 saturated carbocycles. The number of rotatable bonds is 6. The highest BCUT2D eigenvalue weighted by molar-refractivity contribution is 7.89. The number of sulfonamides is 1. The van der Waals surface area contributed by atoms with Crippen LogP contribution >= 0.6 is 11.6 Å². The van der Waals surface area contributed by atoms with Gasteiger partial charge in [0.2, 0.25) is 10.0 Å². The molecule has 10 heteroatoms. The largest absolute Gasteiger partial charge is 0.497 e. The smallest absolute Gasteiger partial charge is 0.238 e. The minimum atomic E-state index is -3.86. The maximum absolute atomic E-state index is 11.7. The molecule has 3 rings (SSSR count). The highest BCUT2D eigenvalue weighted by Crippen LogP contribution is 2.36. The zero-order valence-corrected chi connectivity index (χ0v) is 16.1. The lowest BCUT2D eigenvalue weighted by atomic mass is 10.1. The van der Waals surface area contributed by atoms with Crippen LogP contribution < -0.4 is 19.9 Å². The Labute approximate surface area is 161 Å². The molecule has 0 radical (unpaired) electrons. The van der Waals surface area contributed by atoms with Crippen molar-refractivity contribution in [3.05, 3.63) is 42.2 Å². The van der Waals surface area contributed by atoms with E-state index in [0.717, 1.165) is 0 Å². The fourth-order valence-corrected chi connectivity index (χ4v) is 3.37. The molecule has 8 nitrogen and oxygen atoms in total. The summed E-state index contributed by atoms with van der Waals surface area (Å²) in [6, 6.07) is 7.87. The summed E-state index contributed by atoms with van der Waals surface area (Å²) in [6.07, 6.45) is 1.38. The Bertz CT molecular complexity index is 1110. The maximum atomic E-state index is 11.7. The van der Waals surface area contributed by atoms with E-state index < -0.39 is 10.0 Å². The summed E-state index contributed by atoms with van der Waals surface area (Å²) in [7, 11) is -0.791. The van der Waals surface area contributed by atoms with Gasteiger partial charge in [0, 0.05) is 23.7 Å². The first kappa shape index (κ1) is 19.2. The van der Waals surface area contributed by atoms with Crippen molar-refractivity contribution < 1.29 is 17.9 Å². The van der Waals surface area contributed by atoms with Crippen LogP contribution in [0.2, 0.25) is 0 Å². The van der Waals surface area contributed by atoms with Crippen molar-refractivity contribution in [2.75, 3.05) is 19.5 Å². The molecular formula is C17H17ClN4O4S. The van der Waals surface area contributed by atoms with Crippen LogP contribution in [0, 0.1) is 0 Å². The molecular weight excluding hydrogens is 392 g/mol. The van der Waals surface area contributed by atoms with E-state index in [9.17, 15) is 8.42 Å². The van der Waals surface area contributed by atoms with E-state index in [1.165, 1.54) is 25.6 Å². The molecule has 0 bridgehead atoms. The van der Waals surface area contributed by atoms with Gasteiger partial charge in [-0.25, -0.2) is 23.5 Å². The fourth-order valence-electron chi connectivity index (χ4n) is 2.60. The van der Waals surface area contributed by atoms with Crippen LogP contribution in [0.25, 0.3) is 10.9 Å². The molecule has 2 aromatic carbocycles. The summed E-state index contributed by atoms with van der Waals surface area (Å²) < 4.78 is 34.1. The average molecular weight is 409 g/mol. The molecule has 0 spiro atoms. The molecule has 0 fully saturated rings. The molecule has 0 atom stereocenters. The van der Waals surface area contributed by atoms with E-state index in [0.29, 0.717) is 39.5 Å². The third kappa shape index (κ3) is 3.90. The van der Waals surface area contributed by atoms with E-state index in [2.05, 4.69) is 15.3 Å². The number of halogens is 1. The Morgan fingerprint density at radius 2 is 1.93 bits per heavy atom. The number of benzene rings is 2. The standard InChI is InChI=1S/C17H17ClN4O4S/c1-25-11-5-14-16(15(6-11)26-2)17(21-9-20-14)22-13-7-12(27(19,23)24)4-3-10(13)8-18/h3-7,9H,8H2,1-2H3,(H2,19,23,24)(H,20,21,22). The Hall–Kier alpha value is -2.62. The summed E-state index contributed by atoms with van der Waals surface area (Å²) in [6.45, 7) is 0. The maximum Gasteiger partial charge on any atom is 0.238 e. The summed E-state index contributed by atoms with van der Waals surface area (Å²) in [4.78, 5) is 8.48. The van der Waals surface area contributed by atoms with Gasteiger partial charge >= 0.3 is 0 Å². The monoisotopic (exact) mass is 408 g/mol. The van der Waals surface area contributed by atoms with Crippen LogP contribution in [-0.2, 0) is 15.9 Å². The molecule has 142 valence electrons. The van der Waals surface area contributed by atoms with Crippen LogP contribution in [-0.4, -0.2) is 32.6 Å². The van der Waals surface area contributed by atoms with Crippen molar-refractivity contribution in [1.82, 2.24) is 9.97 Å². The number of nitrogens with zero attached hydrogens (tertiary/aromatic N) is 2. The van der Waals surface area contributed by atoms with Crippen molar-refractivity contribution in [1.29, 1.82) is 0 Å². The number of aromatic nitrogens is 2. The number of primary sulfonamides is 1. The van der Waals surface area contributed by atoms with E-state index in [1.54, 1.807) is 25.3 Å². The third-order valence-corrected chi connectivity index (χ3v) is 5.14. The second-order valence-electron chi connectivity index (χ2n) is 5.57. The van der Waals surface area contributed by atoms with Crippen molar-refractivity contribution in [3.8, 4) is 11.5 Å². The van der Waals surface area contributed by atoms with Gasteiger partial charge in [-0.15, -0.1) is 11.6 Å². The van der Waals surface area contributed by atoms with E-state index >= 15 is 0 Å². The van der Waals surface area contributed by atoms with Gasteiger partial charge in [-0.3, -0.25) is 0 Å². The predicted molar refractivity (Wildman–Crippen MR) is 103 cm³/mol. The molecule has 1 heterocycles. The lowest BCUT2D eigenvalue weighted by Crippen LogP contribution is -2.12. The number of nitrogens with two attached hydrogens (primary N) is 1. The number of nitrogens with one attached hydrogen (secondary N) is 1. The molecule has 0 amide bonds. The lowest BCUT2D eigenvalue weighted by Gasteiger charge is -2.15. The van der Waals surface area contributed by atoms with Crippen LogP contribution in [0.1, 0.15) is 5.56 Å². The van der Waals surface area contributed by atoms with Crippen molar-refractivity contribution in [2.45, 2.75) is 10.8 Å². The van der Waals surface area contributed by atoms with Crippen LogP contribution in [0.15, 0.2) is 41.6 Å². The highest BCUT2D eigenvalue weighted by Gasteiger charge is 2.16. The quantitative estimate of drug-likeness (QED) is 0.602. The molecule has 1 aromatic heterocycles. The summed E-state index contributed by atoms with van der Waals surface area (Å²) in [5, 5.41) is 8.96. The van der Waals surface area contributed by atoms with Crippen LogP contribution in [0.4, 0.5) is 11.5 Å². The summed E-state index contributed by atoms with van der Waals surface area (Å²) >= 11 is 5.99. The normalized spacial score (nSPS) is 11.4. The number of anilines is 2. The van der Waals surface area contributed by atoms with Crippen LogP contribution in [0.3, 0.4) is 0 Å². The Morgan fingerprint density at radius 3 is 2.56 bits per heavy atom. The molecule has 27 heavy (non-hydrogen) atoms. The minimum absolute atomic E-state index is 0.0362. The Balaban J connectivity index is 2.17. The number of fused-ring (bicyclic) bond motifs is 1. The van der Waals surface area contributed by atoms with E-state index in [4.69, 9.17) is 26.2 Å². The summed E-state index contributed by atoms with van der Waals surface area (Å²) in [5.74, 6) is 1.68. The second kappa shape index (κ2) is 7.55. The molecule has 0 aliphatic heterocycles. The fraction of sp³-hybridized carbons (Fsp3) is 0.176. The van der Waals surface area contributed by atoms with Gasteiger partial charge in [0.25, 0.3) is 0 Å². The molecule has 0 saturated heterocycles. The first-order valence-corrected chi connectivity index (χ1v) is 9.81. The van der Waals surface area contributed by atoms with Gasteiger partial charge in [0.15, 0.2) is 0 Å². The topological polar surface area (TPSA) is 116 Å². The van der Waals surface area contributed by atoms with Gasteiger partial charge < -0.3 is 14.8 Å². The van der Waals surface area contributed by atoms with E-state index in [1.807, 2.05) is 0 Å². The molecule has 0 unspecified atom stereocenters. The molecule has 0 aliphatic rings. The third-order valence-electron chi connectivity index (χ3n) is 3.94. The first-order valence-electron chi connectivity index (χ1n) is 7.73. The number of hydrogen-bond donors (Lipinski definition) is 2.